The van der Waals surface area contributed by atoms with Gasteiger partial charge in [0.25, 0.3) is 0 Å². The average molecular weight is 694 g/mol. The number of nitrogens with one attached hydrogen (secondary N) is 1. The molecule has 0 spiro atoms. The maximum atomic E-state index is 11.8. The summed E-state index contributed by atoms with van der Waals surface area (Å²) in [6, 6.07) is 0. The Kier molecular flexibility index (Phi) is 25.6. The Bertz CT molecular complexity index is 799. The maximum absolute atomic E-state index is 11.8. The maximum Gasteiger partial charge on any atom is 0.306 e. The van der Waals surface area contributed by atoms with Gasteiger partial charge in [-0.2, -0.15) is 0 Å². The number of carbonyl (C=O) groups is 2. The lowest BCUT2D eigenvalue weighted by Crippen LogP contribution is -2.51. The molecule has 18 nitrogen and oxygen atoms in total. The van der Waals surface area contributed by atoms with E-state index in [0.29, 0.717) is 12.8 Å². The third-order valence-corrected chi connectivity index (χ3v) is 7.03. The van der Waals surface area contributed by atoms with Crippen LogP contribution in [0, 0.1) is 0 Å². The molecule has 282 valence electrons. The van der Waals surface area contributed by atoms with Crippen LogP contribution in [-0.2, 0) is 42.7 Å². The van der Waals surface area contributed by atoms with Gasteiger partial charge in [-0.3, -0.25) is 9.59 Å². The third kappa shape index (κ3) is 15.2. The first-order valence-corrected chi connectivity index (χ1v) is 15.5. The molecular formula is C29H59NO17. The van der Waals surface area contributed by atoms with Crippen LogP contribution in [0.4, 0.5) is 0 Å². The van der Waals surface area contributed by atoms with E-state index in [9.17, 15) is 45.3 Å². The van der Waals surface area contributed by atoms with Crippen molar-refractivity contribution in [2.24, 2.45) is 0 Å². The van der Waals surface area contributed by atoms with E-state index in [1.807, 2.05) is 20.8 Å². The summed E-state index contributed by atoms with van der Waals surface area (Å²) in [4.78, 5) is 23.0. The second kappa shape index (κ2) is 25.4. The van der Waals surface area contributed by atoms with Gasteiger partial charge < -0.3 is 79.3 Å². The Balaban J connectivity index is 0. The van der Waals surface area contributed by atoms with Crippen molar-refractivity contribution in [3.05, 3.63) is 0 Å². The van der Waals surface area contributed by atoms with Gasteiger partial charge >= 0.3 is 5.97 Å². The molecule has 1 saturated heterocycles. The van der Waals surface area contributed by atoms with Gasteiger partial charge in [-0.15, -0.1) is 0 Å². The summed E-state index contributed by atoms with van der Waals surface area (Å²) in [5.41, 5.74) is 0. The van der Waals surface area contributed by atoms with Crippen LogP contribution in [0.5, 0.6) is 0 Å². The molecule has 1 aliphatic rings. The highest BCUT2D eigenvalue weighted by molar-refractivity contribution is 5.80. The molecule has 0 aromatic rings. The lowest BCUT2D eigenvalue weighted by molar-refractivity contribution is -0.324. The van der Waals surface area contributed by atoms with Crippen LogP contribution in [0.2, 0.25) is 0 Å². The molecular weight excluding hydrogens is 634 g/mol. The van der Waals surface area contributed by atoms with Crippen molar-refractivity contribution in [3.8, 4) is 0 Å². The number of esters is 1. The molecule has 1 fully saturated rings. The van der Waals surface area contributed by atoms with E-state index in [1.165, 1.54) is 21.3 Å². The Morgan fingerprint density at radius 3 is 1.79 bits per heavy atom. The highest BCUT2D eigenvalue weighted by atomic mass is 16.8. The minimum Gasteiger partial charge on any atom is -0.463 e. The van der Waals surface area contributed by atoms with Gasteiger partial charge in [0.1, 0.15) is 31.5 Å². The molecule has 47 heavy (non-hydrogen) atoms. The number of rotatable bonds is 22. The van der Waals surface area contributed by atoms with E-state index >= 15 is 0 Å². The van der Waals surface area contributed by atoms with Crippen LogP contribution in [0.15, 0.2) is 0 Å². The molecule has 0 aliphatic carbocycles. The largest absolute Gasteiger partial charge is 0.463 e. The molecule has 1 amide bonds. The molecule has 0 radical (unpaired) electrons. The standard InChI is InChI=1S/C19H37NO12.C8H16O5.C2H6/c1-4-14(8-29-17(27)6-5-16(26)20-2)31-19(12-24,13-25)30-9-15(7-21)32-18(10-22,11-23)28-3;1-3-5-6(10)7(11)8(4-9,12-2)13-5;1-2/h14-15,21-25H,4-13H2,1-3H3,(H,20,26);5-7,9-11H,3-4H2,1-2H3;1-2H3/t14-,15+;5-,6+,7-,8-;/m11./s1. The highest BCUT2D eigenvalue weighted by Crippen LogP contribution is 2.33. The van der Waals surface area contributed by atoms with Gasteiger partial charge in [0.2, 0.25) is 23.3 Å². The van der Waals surface area contributed by atoms with Crippen LogP contribution in [-0.4, -0.2) is 175 Å². The van der Waals surface area contributed by atoms with Crippen molar-refractivity contribution in [1.82, 2.24) is 5.32 Å². The van der Waals surface area contributed by atoms with E-state index in [1.54, 1.807) is 6.92 Å². The molecule has 9 N–H and O–H groups in total. The van der Waals surface area contributed by atoms with Crippen LogP contribution in [0.3, 0.4) is 0 Å². The monoisotopic (exact) mass is 693 g/mol. The molecule has 0 unspecified atom stereocenters. The normalized spacial score (nSPS) is 22.3. The SMILES string of the molecule is CC.CC[C@H](COC(=O)CCC(=O)NC)OC(CO)(CO)OC[C@H](CO)OC(CO)(CO)OC.CC[C@H]1O[C@@](CO)(OC)[C@H](O)[C@H]1O. The smallest absolute Gasteiger partial charge is 0.306 e. The first-order chi connectivity index (χ1) is 22.3. The Morgan fingerprint density at radius 1 is 0.872 bits per heavy atom. The zero-order valence-corrected chi connectivity index (χ0v) is 28.6. The molecule has 0 aromatic heterocycles. The van der Waals surface area contributed by atoms with E-state index in [0.717, 1.165) is 0 Å². The average Bonchev–Trinajstić information content (AvgIpc) is 3.38. The van der Waals surface area contributed by atoms with Crippen LogP contribution < -0.4 is 5.32 Å². The lowest BCUT2D eigenvalue weighted by atomic mass is 10.0. The molecule has 18 heteroatoms. The van der Waals surface area contributed by atoms with Gasteiger partial charge in [0, 0.05) is 27.7 Å². The van der Waals surface area contributed by atoms with E-state index in [-0.39, 0.29) is 25.4 Å². The topological polar surface area (TPSA) is 273 Å². The predicted octanol–water partition coefficient (Wildman–Crippen LogP) is -2.87. The van der Waals surface area contributed by atoms with Crippen LogP contribution in [0.1, 0.15) is 53.4 Å². The fourth-order valence-corrected chi connectivity index (χ4v) is 3.91. The van der Waals surface area contributed by atoms with Crippen molar-refractivity contribution in [3.63, 3.8) is 0 Å². The molecule has 6 atom stereocenters. The summed E-state index contributed by atoms with van der Waals surface area (Å²) in [7, 11) is 3.97. The number of carbonyl (C=O) groups excluding carboxylic acids is 2. The summed E-state index contributed by atoms with van der Waals surface area (Å²) in [5.74, 6) is -6.08. The summed E-state index contributed by atoms with van der Waals surface area (Å²) in [6.45, 7) is 2.87. The second-order valence-corrected chi connectivity index (χ2v) is 10.1. The number of ether oxygens (including phenoxy) is 7. The number of methoxy groups -OCH3 is 2. The Hall–Kier alpha value is -1.62. The third-order valence-electron chi connectivity index (χ3n) is 7.03. The minimum absolute atomic E-state index is 0.0273. The van der Waals surface area contributed by atoms with Crippen molar-refractivity contribution >= 4 is 11.9 Å². The molecule has 1 heterocycles. The number of amides is 1. The van der Waals surface area contributed by atoms with Crippen molar-refractivity contribution in [2.45, 2.75) is 101 Å². The summed E-state index contributed by atoms with van der Waals surface area (Å²) >= 11 is 0. The lowest BCUT2D eigenvalue weighted by Gasteiger charge is -2.36. The molecule has 0 aromatic carbocycles. The van der Waals surface area contributed by atoms with Gasteiger partial charge in [0.15, 0.2) is 0 Å². The van der Waals surface area contributed by atoms with Gasteiger partial charge in [0.05, 0.1) is 58.3 Å². The van der Waals surface area contributed by atoms with E-state index in [2.05, 4.69) is 5.32 Å². The summed E-state index contributed by atoms with van der Waals surface area (Å²) in [6.07, 6.45) is -3.83. The van der Waals surface area contributed by atoms with Crippen molar-refractivity contribution < 1.29 is 83.6 Å². The van der Waals surface area contributed by atoms with Gasteiger partial charge in [-0.25, -0.2) is 0 Å². The predicted molar refractivity (Wildman–Crippen MR) is 164 cm³/mol. The van der Waals surface area contributed by atoms with Gasteiger partial charge in [-0.05, 0) is 12.8 Å². The summed E-state index contributed by atoms with van der Waals surface area (Å²) in [5, 5.41) is 78.2. The molecule has 0 bridgehead atoms. The highest BCUT2D eigenvalue weighted by Gasteiger charge is 2.53. The van der Waals surface area contributed by atoms with E-state index in [4.69, 9.17) is 38.3 Å². The van der Waals surface area contributed by atoms with Crippen LogP contribution in [0.25, 0.3) is 0 Å². The Labute approximate surface area is 276 Å². The first kappa shape index (κ1) is 47.5. The van der Waals surface area contributed by atoms with Crippen molar-refractivity contribution in [2.75, 3.05) is 74.1 Å². The number of aliphatic hydroxyl groups excluding tert-OH is 8. The number of aliphatic hydroxyl groups is 8. The minimum atomic E-state index is -1.92. The number of hydrogen-bond donors (Lipinski definition) is 9. The fourth-order valence-electron chi connectivity index (χ4n) is 3.91. The molecule has 1 aliphatic heterocycles. The zero-order chi connectivity index (χ0) is 36.7. The van der Waals surface area contributed by atoms with E-state index < -0.39 is 100 Å². The quantitative estimate of drug-likeness (QED) is 0.0407. The second-order valence-electron chi connectivity index (χ2n) is 10.1. The molecule has 0 saturated carbocycles. The number of hydrogen-bond acceptors (Lipinski definition) is 17. The van der Waals surface area contributed by atoms with Gasteiger partial charge in [-0.1, -0.05) is 27.7 Å². The van der Waals surface area contributed by atoms with Crippen LogP contribution >= 0.6 is 0 Å². The Morgan fingerprint density at radius 2 is 1.43 bits per heavy atom. The zero-order valence-electron chi connectivity index (χ0n) is 28.6. The first-order valence-electron chi connectivity index (χ1n) is 15.5. The van der Waals surface area contributed by atoms with Crippen molar-refractivity contribution in [1.29, 1.82) is 0 Å². The molecule has 1 rings (SSSR count). The fraction of sp³-hybridized carbons (Fsp3) is 0.931. The summed E-state index contributed by atoms with van der Waals surface area (Å²) < 4.78 is 36.6.